The summed E-state index contributed by atoms with van der Waals surface area (Å²) in [5, 5.41) is 15.0. The highest BCUT2D eigenvalue weighted by atomic mass is 19.4. The molecule has 0 radical (unpaired) electrons. The maximum Gasteiger partial charge on any atom is 0.405 e. The maximum absolute atomic E-state index is 12.2. The van der Waals surface area contributed by atoms with Crippen LogP contribution in [0.2, 0.25) is 0 Å². The van der Waals surface area contributed by atoms with Crippen molar-refractivity contribution in [3.8, 4) is 11.3 Å². The number of hydrogen-bond donors (Lipinski definition) is 2. The normalized spacial score (nSPS) is 13.0. The fraction of sp³-hybridized carbons (Fsp3) is 0.308. The van der Waals surface area contributed by atoms with Crippen molar-refractivity contribution in [1.82, 2.24) is 15.5 Å². The molecule has 0 unspecified atom stereocenters. The number of halogens is 3. The van der Waals surface area contributed by atoms with Gasteiger partial charge < -0.3 is 14.9 Å². The zero-order valence-corrected chi connectivity index (χ0v) is 11.4. The molecule has 0 aliphatic heterocycles. The van der Waals surface area contributed by atoms with E-state index in [2.05, 4.69) is 10.1 Å². The molecule has 9 heteroatoms. The van der Waals surface area contributed by atoms with E-state index in [4.69, 9.17) is 4.52 Å². The number of pyridine rings is 1. The van der Waals surface area contributed by atoms with Crippen LogP contribution in [0.4, 0.5) is 13.2 Å². The van der Waals surface area contributed by atoms with Crippen molar-refractivity contribution >= 4 is 5.91 Å². The van der Waals surface area contributed by atoms with E-state index in [-0.39, 0.29) is 17.0 Å². The molecule has 1 atom stereocenters. The van der Waals surface area contributed by atoms with Gasteiger partial charge in [-0.25, -0.2) is 0 Å². The molecule has 0 aromatic carbocycles. The molecule has 2 aromatic heterocycles. The van der Waals surface area contributed by atoms with E-state index >= 15 is 0 Å². The zero-order chi connectivity index (χ0) is 16.3. The van der Waals surface area contributed by atoms with E-state index in [1.165, 1.54) is 19.3 Å². The molecular formula is C13H12F3N3O3. The van der Waals surface area contributed by atoms with Crippen molar-refractivity contribution < 1.29 is 27.6 Å². The molecule has 2 aromatic rings. The number of alkyl halides is 3. The minimum absolute atomic E-state index is 0.0173. The summed E-state index contributed by atoms with van der Waals surface area (Å²) in [5.41, 5.74) is 0.159. The summed E-state index contributed by atoms with van der Waals surface area (Å²) in [5.74, 6) is -1.24. The molecule has 2 heterocycles. The number of aromatic nitrogens is 2. The summed E-state index contributed by atoms with van der Waals surface area (Å²) in [6.07, 6.45) is -2.89. The third-order valence-electron chi connectivity index (χ3n) is 2.71. The lowest BCUT2D eigenvalue weighted by Gasteiger charge is -2.09. The molecule has 0 aliphatic carbocycles. The molecule has 118 valence electrons. The van der Waals surface area contributed by atoms with Crippen LogP contribution in [0.25, 0.3) is 11.3 Å². The number of rotatable bonds is 4. The number of aliphatic hydroxyl groups is 1. The molecule has 0 spiro atoms. The Balaban J connectivity index is 2.39. The van der Waals surface area contributed by atoms with Crippen molar-refractivity contribution in [2.45, 2.75) is 19.2 Å². The molecule has 22 heavy (non-hydrogen) atoms. The number of hydrogen-bond acceptors (Lipinski definition) is 5. The smallest absolute Gasteiger partial charge is 0.385 e. The summed E-state index contributed by atoms with van der Waals surface area (Å²) >= 11 is 0. The number of amides is 1. The van der Waals surface area contributed by atoms with E-state index in [0.717, 1.165) is 0 Å². The maximum atomic E-state index is 12.2. The molecular weight excluding hydrogens is 303 g/mol. The van der Waals surface area contributed by atoms with Gasteiger partial charge in [-0.05, 0) is 19.1 Å². The van der Waals surface area contributed by atoms with Gasteiger partial charge >= 0.3 is 6.18 Å². The summed E-state index contributed by atoms with van der Waals surface area (Å²) in [7, 11) is 0. The lowest BCUT2D eigenvalue weighted by atomic mass is 10.0. The second-order valence-electron chi connectivity index (χ2n) is 4.49. The van der Waals surface area contributed by atoms with Gasteiger partial charge in [0.1, 0.15) is 23.9 Å². The highest BCUT2D eigenvalue weighted by Gasteiger charge is 2.31. The summed E-state index contributed by atoms with van der Waals surface area (Å²) in [6.45, 7) is -0.184. The largest absolute Gasteiger partial charge is 0.405 e. The lowest BCUT2D eigenvalue weighted by Crippen LogP contribution is -2.34. The van der Waals surface area contributed by atoms with Gasteiger partial charge in [0, 0.05) is 18.0 Å². The van der Waals surface area contributed by atoms with Crippen LogP contribution in [0.1, 0.15) is 29.1 Å². The van der Waals surface area contributed by atoms with Crippen molar-refractivity contribution in [3.63, 3.8) is 0 Å². The van der Waals surface area contributed by atoms with Crippen LogP contribution in [-0.4, -0.2) is 33.9 Å². The molecule has 0 aliphatic rings. The fourth-order valence-corrected chi connectivity index (χ4v) is 1.78. The lowest BCUT2D eigenvalue weighted by molar-refractivity contribution is -0.123. The number of nitrogens with zero attached hydrogens (tertiary/aromatic N) is 2. The van der Waals surface area contributed by atoms with Crippen LogP contribution >= 0.6 is 0 Å². The van der Waals surface area contributed by atoms with E-state index in [1.54, 1.807) is 17.4 Å². The van der Waals surface area contributed by atoms with Gasteiger partial charge in [-0.15, -0.1) is 0 Å². The third kappa shape index (κ3) is 3.61. The van der Waals surface area contributed by atoms with E-state index in [9.17, 15) is 23.1 Å². The fourth-order valence-electron chi connectivity index (χ4n) is 1.78. The van der Waals surface area contributed by atoms with Crippen molar-refractivity contribution in [3.05, 3.63) is 35.9 Å². The molecule has 0 fully saturated rings. The Bertz CT molecular complexity index is 654. The van der Waals surface area contributed by atoms with Crippen LogP contribution in [-0.2, 0) is 0 Å². The van der Waals surface area contributed by atoms with Gasteiger partial charge in [0.25, 0.3) is 5.91 Å². The summed E-state index contributed by atoms with van der Waals surface area (Å²) in [6, 6.07) is 3.14. The van der Waals surface area contributed by atoms with E-state index in [1.807, 2.05) is 0 Å². The predicted octanol–water partition coefficient (Wildman–Crippen LogP) is 2.08. The first-order chi connectivity index (χ1) is 10.3. The number of aliphatic hydroxyl groups excluding tert-OH is 1. The molecule has 2 rings (SSSR count). The summed E-state index contributed by atoms with van der Waals surface area (Å²) in [4.78, 5) is 15.9. The monoisotopic (exact) mass is 315 g/mol. The van der Waals surface area contributed by atoms with E-state index < -0.39 is 24.7 Å². The molecule has 0 saturated heterocycles. The Morgan fingerprint density at radius 3 is 2.77 bits per heavy atom. The van der Waals surface area contributed by atoms with Crippen molar-refractivity contribution in [1.29, 1.82) is 0 Å². The highest BCUT2D eigenvalue weighted by Crippen LogP contribution is 2.28. The van der Waals surface area contributed by atoms with Gasteiger partial charge in [0.05, 0.1) is 0 Å². The molecule has 1 amide bonds. The van der Waals surface area contributed by atoms with Gasteiger partial charge in [-0.2, -0.15) is 13.2 Å². The molecule has 2 N–H and O–H groups in total. The molecule has 0 bridgehead atoms. The number of carbonyl (C=O) groups excluding carboxylic acids is 1. The van der Waals surface area contributed by atoms with Crippen molar-refractivity contribution in [2.24, 2.45) is 0 Å². The second kappa shape index (κ2) is 6.14. The Morgan fingerprint density at radius 1 is 1.50 bits per heavy atom. The average molecular weight is 315 g/mol. The third-order valence-corrected chi connectivity index (χ3v) is 2.71. The van der Waals surface area contributed by atoms with Gasteiger partial charge in [-0.3, -0.25) is 9.78 Å². The van der Waals surface area contributed by atoms with Crippen LogP contribution in [0, 0.1) is 0 Å². The highest BCUT2D eigenvalue weighted by molar-refractivity contribution is 6.00. The average Bonchev–Trinajstić information content (AvgIpc) is 2.90. The first-order valence-electron chi connectivity index (χ1n) is 6.22. The van der Waals surface area contributed by atoms with Gasteiger partial charge in [0.15, 0.2) is 5.76 Å². The number of nitrogens with one attached hydrogen (secondary N) is 1. The Hall–Kier alpha value is -2.42. The Kier molecular flexibility index (Phi) is 4.45. The topological polar surface area (TPSA) is 88.2 Å². The standard InChI is InChI=1S/C13H12F3N3O3/c1-7(20)11-9(12(21)18-6-13(14,15)16)10(19-22-11)8-3-2-4-17-5-8/h2-5,7,20H,6H2,1H3,(H,18,21)/t7-/m0/s1. The number of carbonyl (C=O) groups is 1. The van der Waals surface area contributed by atoms with Gasteiger partial charge in [0.2, 0.25) is 0 Å². The van der Waals surface area contributed by atoms with E-state index in [0.29, 0.717) is 5.56 Å². The quantitative estimate of drug-likeness (QED) is 0.902. The first kappa shape index (κ1) is 16.0. The predicted molar refractivity (Wildman–Crippen MR) is 68.8 cm³/mol. The van der Waals surface area contributed by atoms with Gasteiger partial charge in [-0.1, -0.05) is 5.16 Å². The molecule has 6 nitrogen and oxygen atoms in total. The van der Waals surface area contributed by atoms with Crippen LogP contribution < -0.4 is 5.32 Å². The van der Waals surface area contributed by atoms with Crippen LogP contribution in [0.15, 0.2) is 29.0 Å². The second-order valence-corrected chi connectivity index (χ2v) is 4.49. The minimum Gasteiger partial charge on any atom is -0.385 e. The Labute approximate surface area is 123 Å². The van der Waals surface area contributed by atoms with Crippen LogP contribution in [0.3, 0.4) is 0 Å². The Morgan fingerprint density at radius 2 is 2.23 bits per heavy atom. The zero-order valence-electron chi connectivity index (χ0n) is 11.4. The first-order valence-corrected chi connectivity index (χ1v) is 6.22. The molecule has 0 saturated carbocycles. The van der Waals surface area contributed by atoms with Crippen LogP contribution in [0.5, 0.6) is 0 Å². The minimum atomic E-state index is -4.55. The van der Waals surface area contributed by atoms with Crippen molar-refractivity contribution in [2.75, 3.05) is 6.54 Å². The SMILES string of the molecule is C[C@H](O)c1onc(-c2cccnc2)c1C(=O)NCC(F)(F)F. The summed E-state index contributed by atoms with van der Waals surface area (Å²) < 4.78 is 41.6.